The maximum absolute atomic E-state index is 12.8. The Morgan fingerprint density at radius 3 is 2.52 bits per heavy atom. The summed E-state index contributed by atoms with van der Waals surface area (Å²) in [5.41, 5.74) is 1.99. The van der Waals surface area contributed by atoms with Gasteiger partial charge >= 0.3 is 0 Å². The lowest BCUT2D eigenvalue weighted by atomic mass is 10.1. The quantitative estimate of drug-likeness (QED) is 0.919. The van der Waals surface area contributed by atoms with Crippen LogP contribution >= 0.6 is 11.3 Å². The van der Waals surface area contributed by atoms with Crippen molar-refractivity contribution in [1.29, 1.82) is 0 Å². The highest BCUT2D eigenvalue weighted by Crippen LogP contribution is 2.40. The molecular weight excluding hydrogens is 310 g/mol. The number of aromatic nitrogens is 2. The summed E-state index contributed by atoms with van der Waals surface area (Å²) >= 11 is 1.50. The van der Waals surface area contributed by atoms with Gasteiger partial charge < -0.3 is 10.0 Å². The first-order chi connectivity index (χ1) is 11.0. The van der Waals surface area contributed by atoms with Crippen molar-refractivity contribution in [2.24, 2.45) is 0 Å². The van der Waals surface area contributed by atoms with E-state index in [0.717, 1.165) is 32.2 Å². The summed E-state index contributed by atoms with van der Waals surface area (Å²) in [5, 5.41) is 10.7. The van der Waals surface area contributed by atoms with Gasteiger partial charge in [-0.2, -0.15) is 0 Å². The molecule has 0 spiro atoms. The van der Waals surface area contributed by atoms with Gasteiger partial charge in [0.15, 0.2) is 0 Å². The van der Waals surface area contributed by atoms with Gasteiger partial charge in [-0.15, -0.1) is 11.3 Å². The highest BCUT2D eigenvalue weighted by atomic mass is 32.1. The molecule has 0 bridgehead atoms. The third kappa shape index (κ3) is 2.64. The molecular formula is C17H21N3O2S. The number of piperidine rings is 1. The van der Waals surface area contributed by atoms with Crippen LogP contribution in [-0.2, 0) is 0 Å². The molecule has 5 nitrogen and oxygen atoms in total. The number of hydrogen-bond donors (Lipinski definition) is 1. The fourth-order valence-corrected chi connectivity index (χ4v) is 4.51. The van der Waals surface area contributed by atoms with Gasteiger partial charge in [0.25, 0.3) is 5.91 Å². The Hall–Kier alpha value is -1.53. The topological polar surface area (TPSA) is 66.3 Å². The van der Waals surface area contributed by atoms with Gasteiger partial charge in [0.2, 0.25) is 0 Å². The molecule has 3 heterocycles. The second-order valence-electron chi connectivity index (χ2n) is 6.70. The smallest absolute Gasteiger partial charge is 0.264 e. The average molecular weight is 331 g/mol. The fourth-order valence-electron chi connectivity index (χ4n) is 3.30. The van der Waals surface area contributed by atoms with Gasteiger partial charge in [0, 0.05) is 24.4 Å². The number of nitrogens with zero attached hydrogens (tertiary/aromatic N) is 3. The molecule has 6 heteroatoms. The molecule has 2 aromatic rings. The minimum Gasteiger partial charge on any atom is -0.393 e. The molecule has 4 rings (SSSR count). The summed E-state index contributed by atoms with van der Waals surface area (Å²) in [6.07, 6.45) is 3.42. The van der Waals surface area contributed by atoms with Gasteiger partial charge in [0.1, 0.15) is 10.7 Å². The zero-order valence-electron chi connectivity index (χ0n) is 13.5. The van der Waals surface area contributed by atoms with Crippen LogP contribution in [0, 0.1) is 13.8 Å². The van der Waals surface area contributed by atoms with E-state index in [1.165, 1.54) is 24.2 Å². The Balaban J connectivity index is 1.71. The summed E-state index contributed by atoms with van der Waals surface area (Å²) < 4.78 is 0. The minimum absolute atomic E-state index is 0.0739. The molecule has 1 aliphatic carbocycles. The van der Waals surface area contributed by atoms with E-state index in [4.69, 9.17) is 4.98 Å². The molecule has 23 heavy (non-hydrogen) atoms. The molecule has 1 N–H and O–H groups in total. The summed E-state index contributed by atoms with van der Waals surface area (Å²) in [4.78, 5) is 25.8. The molecule has 1 saturated carbocycles. The minimum atomic E-state index is -0.267. The number of carbonyl (C=O) groups is 1. The maximum atomic E-state index is 12.8. The molecule has 0 aromatic carbocycles. The third-order valence-corrected chi connectivity index (χ3v) is 6.05. The molecule has 0 unspecified atom stereocenters. The van der Waals surface area contributed by atoms with Gasteiger partial charge in [0.05, 0.1) is 16.7 Å². The number of rotatable bonds is 2. The Morgan fingerprint density at radius 2 is 1.87 bits per heavy atom. The maximum Gasteiger partial charge on any atom is 0.264 e. The van der Waals surface area contributed by atoms with Crippen molar-refractivity contribution < 1.29 is 9.90 Å². The van der Waals surface area contributed by atoms with E-state index in [1.807, 2.05) is 18.7 Å². The molecule has 2 aromatic heterocycles. The Bertz CT molecular complexity index is 774. The van der Waals surface area contributed by atoms with Crippen LogP contribution in [0.1, 0.15) is 58.4 Å². The van der Waals surface area contributed by atoms with Crippen LogP contribution in [-0.4, -0.2) is 45.1 Å². The molecule has 1 aliphatic heterocycles. The Morgan fingerprint density at radius 1 is 1.17 bits per heavy atom. The van der Waals surface area contributed by atoms with Crippen LogP contribution in [0.25, 0.3) is 10.2 Å². The Kier molecular flexibility index (Phi) is 3.61. The van der Waals surface area contributed by atoms with Gasteiger partial charge in [-0.3, -0.25) is 4.79 Å². The SMILES string of the molecule is Cc1nc(C2CC2)nc2sc(C(=O)N3CCC(O)CC3)c(C)c12. The van der Waals surface area contributed by atoms with E-state index in [9.17, 15) is 9.90 Å². The lowest BCUT2D eigenvalue weighted by Crippen LogP contribution is -2.39. The molecule has 122 valence electrons. The van der Waals surface area contributed by atoms with Crippen LogP contribution in [0.3, 0.4) is 0 Å². The fraction of sp³-hybridized carbons (Fsp3) is 0.588. The number of aliphatic hydroxyl groups is 1. The average Bonchev–Trinajstić information content (AvgIpc) is 3.32. The molecule has 0 atom stereocenters. The highest BCUT2D eigenvalue weighted by molar-refractivity contribution is 7.20. The molecule has 1 saturated heterocycles. The largest absolute Gasteiger partial charge is 0.393 e. The van der Waals surface area contributed by atoms with E-state index in [1.54, 1.807) is 0 Å². The number of fused-ring (bicyclic) bond motifs is 1. The first-order valence-corrected chi connectivity index (χ1v) is 9.11. The van der Waals surface area contributed by atoms with E-state index in [2.05, 4.69) is 4.98 Å². The second-order valence-corrected chi connectivity index (χ2v) is 7.70. The van der Waals surface area contributed by atoms with Crippen molar-refractivity contribution in [2.75, 3.05) is 13.1 Å². The van der Waals surface area contributed by atoms with Crippen LogP contribution in [0.5, 0.6) is 0 Å². The number of carbonyl (C=O) groups excluding carboxylic acids is 1. The number of likely N-dealkylation sites (tertiary alicyclic amines) is 1. The van der Waals surface area contributed by atoms with Crippen LogP contribution in [0.15, 0.2) is 0 Å². The first kappa shape index (κ1) is 15.0. The predicted molar refractivity (Wildman–Crippen MR) is 90.0 cm³/mol. The standard InChI is InChI=1S/C17H21N3O2S/c1-9-13-10(2)18-15(11-3-4-11)19-16(13)23-14(9)17(22)20-7-5-12(21)6-8-20/h11-12,21H,3-8H2,1-2H3. The van der Waals surface area contributed by atoms with Crippen molar-refractivity contribution in [3.8, 4) is 0 Å². The summed E-state index contributed by atoms with van der Waals surface area (Å²) in [6.45, 7) is 5.27. The molecule has 0 radical (unpaired) electrons. The zero-order chi connectivity index (χ0) is 16.1. The van der Waals surface area contributed by atoms with Crippen molar-refractivity contribution >= 4 is 27.5 Å². The lowest BCUT2D eigenvalue weighted by molar-refractivity contribution is 0.0550. The zero-order valence-corrected chi connectivity index (χ0v) is 14.3. The normalized spacial score (nSPS) is 19.5. The summed E-state index contributed by atoms with van der Waals surface area (Å²) in [6, 6.07) is 0. The monoisotopic (exact) mass is 331 g/mol. The molecule has 1 amide bonds. The molecule has 2 aliphatic rings. The van der Waals surface area contributed by atoms with Crippen LogP contribution in [0.4, 0.5) is 0 Å². The predicted octanol–water partition coefficient (Wildman–Crippen LogP) is 2.78. The number of aryl methyl sites for hydroxylation is 2. The van der Waals surface area contributed by atoms with Crippen molar-refractivity contribution in [3.63, 3.8) is 0 Å². The van der Waals surface area contributed by atoms with Crippen molar-refractivity contribution in [1.82, 2.24) is 14.9 Å². The van der Waals surface area contributed by atoms with Gasteiger partial charge in [-0.25, -0.2) is 9.97 Å². The van der Waals surface area contributed by atoms with E-state index in [0.29, 0.717) is 31.8 Å². The lowest BCUT2D eigenvalue weighted by Gasteiger charge is -2.29. The van der Waals surface area contributed by atoms with Crippen molar-refractivity contribution in [2.45, 2.75) is 51.6 Å². The number of aliphatic hydroxyl groups excluding tert-OH is 1. The van der Waals surface area contributed by atoms with E-state index >= 15 is 0 Å². The number of thiophene rings is 1. The number of amides is 1. The highest BCUT2D eigenvalue weighted by Gasteiger charge is 2.30. The summed E-state index contributed by atoms with van der Waals surface area (Å²) in [5.74, 6) is 1.53. The van der Waals surface area contributed by atoms with E-state index < -0.39 is 0 Å². The van der Waals surface area contributed by atoms with Gasteiger partial charge in [-0.05, 0) is 45.1 Å². The first-order valence-electron chi connectivity index (χ1n) is 8.29. The second kappa shape index (κ2) is 5.53. The van der Waals surface area contributed by atoms with Gasteiger partial charge in [-0.1, -0.05) is 0 Å². The van der Waals surface area contributed by atoms with Crippen LogP contribution in [0.2, 0.25) is 0 Å². The summed E-state index contributed by atoms with van der Waals surface area (Å²) in [7, 11) is 0. The number of hydrogen-bond acceptors (Lipinski definition) is 5. The van der Waals surface area contributed by atoms with E-state index in [-0.39, 0.29) is 12.0 Å². The van der Waals surface area contributed by atoms with Crippen LogP contribution < -0.4 is 0 Å². The Labute approximate surface area is 139 Å². The third-order valence-electron chi connectivity index (χ3n) is 4.88. The molecule has 2 fully saturated rings. The van der Waals surface area contributed by atoms with Crippen molar-refractivity contribution in [3.05, 3.63) is 22.0 Å².